The molecular weight excluding hydrogens is 371 g/mol. The summed E-state index contributed by atoms with van der Waals surface area (Å²) >= 11 is 12.4. The number of pyridine rings is 1. The van der Waals surface area contributed by atoms with Crippen molar-refractivity contribution >= 4 is 40.0 Å². The maximum absolute atomic E-state index is 12.4. The van der Waals surface area contributed by atoms with Gasteiger partial charge in [0.05, 0.1) is 6.04 Å². The van der Waals surface area contributed by atoms with Crippen LogP contribution in [0.4, 0.5) is 0 Å². The Morgan fingerprint density at radius 2 is 1.85 bits per heavy atom. The molecule has 3 rings (SSSR count). The average molecular weight is 389 g/mol. The fourth-order valence-corrected chi connectivity index (χ4v) is 3.26. The molecule has 0 bridgehead atoms. The number of carbonyl (C=O) groups excluding carboxylic acids is 1. The van der Waals surface area contributed by atoms with Crippen molar-refractivity contribution in [1.29, 1.82) is 0 Å². The molecule has 0 saturated heterocycles. The van der Waals surface area contributed by atoms with Crippen LogP contribution in [0.15, 0.2) is 48.7 Å². The summed E-state index contributed by atoms with van der Waals surface area (Å²) in [4.78, 5) is 16.6. The number of halogens is 2. The van der Waals surface area contributed by atoms with Gasteiger partial charge in [-0.3, -0.25) is 9.78 Å². The largest absolute Gasteiger partial charge is 0.505 e. The normalized spacial score (nSPS) is 12.3. The minimum atomic E-state index is -0.624. The second kappa shape index (κ2) is 7.52. The molecule has 4 nitrogen and oxygen atoms in total. The molecule has 1 atom stereocenters. The van der Waals surface area contributed by atoms with Gasteiger partial charge in [-0.2, -0.15) is 0 Å². The molecule has 0 aliphatic rings. The van der Waals surface area contributed by atoms with E-state index in [1.165, 1.54) is 0 Å². The highest BCUT2D eigenvalue weighted by molar-refractivity contribution is 6.35. The Hall–Kier alpha value is -2.30. The zero-order chi connectivity index (χ0) is 18.8. The Bertz CT molecular complexity index is 973. The predicted molar refractivity (Wildman–Crippen MR) is 105 cm³/mol. The first-order valence-electron chi connectivity index (χ1n) is 8.20. The molecule has 0 aliphatic heterocycles. The van der Waals surface area contributed by atoms with Crippen molar-refractivity contribution in [3.05, 3.63) is 69.8 Å². The van der Waals surface area contributed by atoms with Crippen molar-refractivity contribution in [3.63, 3.8) is 0 Å². The number of nitrogens with zero attached hydrogens (tertiary/aromatic N) is 1. The summed E-state index contributed by atoms with van der Waals surface area (Å²) in [6.07, 6.45) is 1.61. The van der Waals surface area contributed by atoms with E-state index in [2.05, 4.69) is 10.3 Å². The number of phenolic OH excluding ortho intramolecular Hbond substituents is 1. The number of carbonyl (C=O) groups is 1. The van der Waals surface area contributed by atoms with E-state index in [0.717, 1.165) is 5.39 Å². The lowest BCUT2D eigenvalue weighted by molar-refractivity contribution is -0.124. The number of benzene rings is 2. The van der Waals surface area contributed by atoms with Crippen molar-refractivity contribution in [3.8, 4) is 5.75 Å². The van der Waals surface area contributed by atoms with E-state index in [0.29, 0.717) is 26.7 Å². The van der Waals surface area contributed by atoms with Crippen molar-refractivity contribution < 1.29 is 9.90 Å². The molecule has 3 aromatic rings. The molecule has 1 heterocycles. The van der Waals surface area contributed by atoms with Crippen LogP contribution in [0.2, 0.25) is 10.0 Å². The second-order valence-electron chi connectivity index (χ2n) is 6.34. The van der Waals surface area contributed by atoms with Crippen molar-refractivity contribution in [2.75, 3.05) is 0 Å². The third-order valence-electron chi connectivity index (χ3n) is 4.17. The highest BCUT2D eigenvalue weighted by atomic mass is 35.5. The van der Waals surface area contributed by atoms with Gasteiger partial charge in [-0.05, 0) is 23.8 Å². The summed E-state index contributed by atoms with van der Waals surface area (Å²) in [5.74, 6) is -0.353. The number of aromatic nitrogens is 1. The minimum absolute atomic E-state index is 0.0168. The highest BCUT2D eigenvalue weighted by Gasteiger charge is 2.24. The Morgan fingerprint density at radius 1 is 1.12 bits per heavy atom. The van der Waals surface area contributed by atoms with E-state index in [1.54, 1.807) is 50.4 Å². The van der Waals surface area contributed by atoms with E-state index < -0.39 is 6.04 Å². The van der Waals surface area contributed by atoms with Crippen LogP contribution < -0.4 is 5.32 Å². The van der Waals surface area contributed by atoms with Gasteiger partial charge in [0.15, 0.2) is 0 Å². The molecule has 0 spiro atoms. The first-order chi connectivity index (χ1) is 12.4. The average Bonchev–Trinajstić information content (AvgIpc) is 2.61. The quantitative estimate of drug-likeness (QED) is 0.652. The second-order valence-corrected chi connectivity index (χ2v) is 7.18. The van der Waals surface area contributed by atoms with Crippen molar-refractivity contribution in [2.45, 2.75) is 19.9 Å². The summed E-state index contributed by atoms with van der Waals surface area (Å²) in [6, 6.07) is 11.7. The van der Waals surface area contributed by atoms with Gasteiger partial charge in [0.1, 0.15) is 11.3 Å². The first kappa shape index (κ1) is 18.5. The van der Waals surface area contributed by atoms with Gasteiger partial charge >= 0.3 is 0 Å². The number of hydrogen-bond donors (Lipinski definition) is 2. The molecule has 0 radical (unpaired) electrons. The maximum Gasteiger partial charge on any atom is 0.223 e. The Morgan fingerprint density at radius 3 is 2.54 bits per heavy atom. The Balaban J connectivity index is 2.17. The summed E-state index contributed by atoms with van der Waals surface area (Å²) in [7, 11) is 0. The number of aromatic hydroxyl groups is 1. The molecule has 0 unspecified atom stereocenters. The predicted octanol–water partition coefficient (Wildman–Crippen LogP) is 5.11. The fourth-order valence-electron chi connectivity index (χ4n) is 2.75. The lowest BCUT2D eigenvalue weighted by Crippen LogP contribution is -2.32. The number of fused-ring (bicyclic) bond motifs is 1. The molecule has 2 aromatic carbocycles. The number of phenols is 1. The molecule has 6 heteroatoms. The monoisotopic (exact) mass is 388 g/mol. The van der Waals surface area contributed by atoms with Gasteiger partial charge in [0.25, 0.3) is 0 Å². The Kier molecular flexibility index (Phi) is 5.35. The van der Waals surface area contributed by atoms with Crippen LogP contribution in [-0.2, 0) is 4.79 Å². The number of amides is 1. The summed E-state index contributed by atoms with van der Waals surface area (Å²) in [5.41, 5.74) is 1.64. The van der Waals surface area contributed by atoms with Crippen LogP contribution in [0.1, 0.15) is 31.0 Å². The molecule has 0 saturated carbocycles. The van der Waals surface area contributed by atoms with Crippen molar-refractivity contribution in [2.24, 2.45) is 5.92 Å². The zero-order valence-electron chi connectivity index (χ0n) is 14.3. The van der Waals surface area contributed by atoms with Gasteiger partial charge in [0.2, 0.25) is 5.91 Å². The van der Waals surface area contributed by atoms with Crippen LogP contribution >= 0.6 is 23.2 Å². The van der Waals surface area contributed by atoms with E-state index in [9.17, 15) is 9.90 Å². The zero-order valence-corrected chi connectivity index (χ0v) is 15.8. The van der Waals surface area contributed by atoms with E-state index >= 15 is 0 Å². The van der Waals surface area contributed by atoms with Gasteiger partial charge < -0.3 is 10.4 Å². The highest BCUT2D eigenvalue weighted by Crippen LogP contribution is 2.37. The van der Waals surface area contributed by atoms with Gasteiger partial charge in [0, 0.05) is 33.1 Å². The van der Waals surface area contributed by atoms with Crippen LogP contribution in [0.3, 0.4) is 0 Å². The van der Waals surface area contributed by atoms with Crippen LogP contribution in [-0.4, -0.2) is 16.0 Å². The van der Waals surface area contributed by atoms with Gasteiger partial charge in [-0.25, -0.2) is 0 Å². The van der Waals surface area contributed by atoms with Gasteiger partial charge in [-0.15, -0.1) is 0 Å². The molecule has 26 heavy (non-hydrogen) atoms. The van der Waals surface area contributed by atoms with Gasteiger partial charge in [-0.1, -0.05) is 61.3 Å². The molecule has 0 fully saturated rings. The van der Waals surface area contributed by atoms with E-state index in [4.69, 9.17) is 23.2 Å². The van der Waals surface area contributed by atoms with Crippen LogP contribution in [0.25, 0.3) is 10.9 Å². The molecule has 2 N–H and O–H groups in total. The summed E-state index contributed by atoms with van der Waals surface area (Å²) in [5, 5.41) is 15.5. The number of nitrogens with one attached hydrogen (secondary N) is 1. The molecule has 1 amide bonds. The lowest BCUT2D eigenvalue weighted by Gasteiger charge is -2.23. The maximum atomic E-state index is 12.4. The minimum Gasteiger partial charge on any atom is -0.505 e. The molecule has 1 aromatic heterocycles. The molecule has 134 valence electrons. The third-order valence-corrected chi connectivity index (χ3v) is 4.74. The Labute approximate surface area is 161 Å². The topological polar surface area (TPSA) is 62.2 Å². The van der Waals surface area contributed by atoms with Crippen molar-refractivity contribution in [1.82, 2.24) is 10.3 Å². The lowest BCUT2D eigenvalue weighted by atomic mass is 9.95. The smallest absolute Gasteiger partial charge is 0.223 e. The first-order valence-corrected chi connectivity index (χ1v) is 8.96. The van der Waals surface area contributed by atoms with E-state index in [1.807, 2.05) is 12.1 Å². The number of rotatable bonds is 4. The molecule has 0 aliphatic carbocycles. The fraction of sp³-hybridized carbons (Fsp3) is 0.200. The molecular formula is C20H18Cl2N2O2. The van der Waals surface area contributed by atoms with E-state index in [-0.39, 0.29) is 17.6 Å². The van der Waals surface area contributed by atoms with Crippen LogP contribution in [0, 0.1) is 5.92 Å². The SMILES string of the molecule is CC(C)C(=O)N[C@H](c1ccc(Cl)cc1Cl)c1ccc2cccnc2c1O. The summed E-state index contributed by atoms with van der Waals surface area (Å²) in [6.45, 7) is 3.61. The number of hydrogen-bond acceptors (Lipinski definition) is 3. The van der Waals surface area contributed by atoms with Crippen LogP contribution in [0.5, 0.6) is 5.75 Å². The third kappa shape index (κ3) is 3.62. The standard InChI is InChI=1S/C20H18Cl2N2O2/c1-11(2)20(26)24-18(14-8-6-13(21)10-16(14)22)15-7-5-12-4-3-9-23-17(12)19(15)25/h3-11,18,25H,1-2H3,(H,24,26)/t18-/m1/s1. The summed E-state index contributed by atoms with van der Waals surface area (Å²) < 4.78 is 0.